The Bertz CT molecular complexity index is 653. The van der Waals surface area contributed by atoms with Crippen molar-refractivity contribution in [2.24, 2.45) is 11.3 Å². The van der Waals surface area contributed by atoms with E-state index in [0.29, 0.717) is 24.7 Å². The van der Waals surface area contributed by atoms with Crippen LogP contribution >= 0.6 is 0 Å². The van der Waals surface area contributed by atoms with Crippen LogP contribution in [0.5, 0.6) is 0 Å². The maximum absolute atomic E-state index is 12.5. The minimum Gasteiger partial charge on any atom is -0.342 e. The summed E-state index contributed by atoms with van der Waals surface area (Å²) in [7, 11) is 0. The largest absolute Gasteiger partial charge is 0.342 e. The van der Waals surface area contributed by atoms with Crippen molar-refractivity contribution in [1.29, 1.82) is 0 Å². The molecule has 2 saturated heterocycles. The summed E-state index contributed by atoms with van der Waals surface area (Å²) >= 11 is 0. The van der Waals surface area contributed by atoms with E-state index in [1.807, 2.05) is 34.9 Å². The summed E-state index contributed by atoms with van der Waals surface area (Å²) in [5, 5.41) is 0. The monoisotopic (exact) mass is 312 g/mol. The molecule has 23 heavy (non-hydrogen) atoms. The molecule has 1 aliphatic carbocycles. The molecule has 1 aromatic carbocycles. The van der Waals surface area contributed by atoms with Crippen LogP contribution in [0.15, 0.2) is 24.3 Å². The quantitative estimate of drug-likeness (QED) is 0.861. The van der Waals surface area contributed by atoms with Gasteiger partial charge in [-0.1, -0.05) is 12.1 Å². The molecule has 1 spiro atoms. The van der Waals surface area contributed by atoms with Crippen molar-refractivity contribution >= 4 is 17.5 Å². The highest BCUT2D eigenvalue weighted by atomic mass is 16.2. The third kappa shape index (κ3) is 2.87. The first-order chi connectivity index (χ1) is 11.0. The van der Waals surface area contributed by atoms with E-state index in [9.17, 15) is 9.59 Å². The maximum atomic E-state index is 12.5. The number of amides is 2. The Labute approximate surface area is 137 Å². The van der Waals surface area contributed by atoms with Crippen LogP contribution in [0.3, 0.4) is 0 Å². The van der Waals surface area contributed by atoms with Gasteiger partial charge in [-0.05, 0) is 49.8 Å². The average Bonchev–Trinajstić information content (AvgIpc) is 3.14. The third-order valence-corrected chi connectivity index (χ3v) is 5.59. The topological polar surface area (TPSA) is 40.6 Å². The second kappa shape index (κ2) is 5.36. The maximum Gasteiger partial charge on any atom is 0.227 e. The molecule has 4 heteroatoms. The molecule has 1 aromatic rings. The molecule has 0 aromatic heterocycles. The molecule has 122 valence electrons. The number of aryl methyl sites for hydroxylation is 1. The molecule has 0 radical (unpaired) electrons. The Morgan fingerprint density at radius 3 is 2.87 bits per heavy atom. The first kappa shape index (κ1) is 14.7. The summed E-state index contributed by atoms with van der Waals surface area (Å²) in [4.78, 5) is 28.8. The molecule has 0 bridgehead atoms. The van der Waals surface area contributed by atoms with Crippen LogP contribution < -0.4 is 4.90 Å². The van der Waals surface area contributed by atoms with Crippen LogP contribution in [0, 0.1) is 18.3 Å². The molecule has 4 rings (SSSR count). The third-order valence-electron chi connectivity index (χ3n) is 5.59. The van der Waals surface area contributed by atoms with Gasteiger partial charge in [-0.25, -0.2) is 0 Å². The lowest BCUT2D eigenvalue weighted by atomic mass is 9.86. The van der Waals surface area contributed by atoms with Crippen LogP contribution in [0.1, 0.15) is 37.7 Å². The van der Waals surface area contributed by atoms with E-state index in [4.69, 9.17) is 0 Å². The number of carbonyl (C=O) groups is 2. The van der Waals surface area contributed by atoms with E-state index in [2.05, 4.69) is 6.07 Å². The molecule has 2 aliphatic heterocycles. The highest BCUT2D eigenvalue weighted by Crippen LogP contribution is 2.43. The Hall–Kier alpha value is -1.84. The second-order valence-electron chi connectivity index (χ2n) is 7.71. The summed E-state index contributed by atoms with van der Waals surface area (Å²) in [5.74, 6) is 1.13. The van der Waals surface area contributed by atoms with Gasteiger partial charge in [-0.15, -0.1) is 0 Å². The summed E-state index contributed by atoms with van der Waals surface area (Å²) < 4.78 is 0. The SMILES string of the molecule is Cc1cccc(N2C[C@]3(CCN(C(=O)CC4CC4)C3)CC2=O)c1. The van der Waals surface area contributed by atoms with Gasteiger partial charge in [0.1, 0.15) is 0 Å². The van der Waals surface area contributed by atoms with Gasteiger partial charge in [-0.2, -0.15) is 0 Å². The molecule has 3 aliphatic rings. The number of rotatable bonds is 3. The van der Waals surface area contributed by atoms with E-state index < -0.39 is 0 Å². The minimum absolute atomic E-state index is 0.0277. The van der Waals surface area contributed by atoms with Gasteiger partial charge in [0, 0.05) is 43.6 Å². The number of benzene rings is 1. The van der Waals surface area contributed by atoms with Crippen molar-refractivity contribution in [3.05, 3.63) is 29.8 Å². The zero-order valence-electron chi connectivity index (χ0n) is 13.8. The normalized spacial score (nSPS) is 27.3. The number of hydrogen-bond donors (Lipinski definition) is 0. The highest BCUT2D eigenvalue weighted by molar-refractivity contribution is 5.96. The van der Waals surface area contributed by atoms with Crippen molar-refractivity contribution in [2.45, 2.75) is 39.0 Å². The molecular weight excluding hydrogens is 288 g/mol. The standard InChI is InChI=1S/C19H24N2O2/c1-14-3-2-4-16(9-14)21-13-19(11-18(21)23)7-8-20(12-19)17(22)10-15-5-6-15/h2-4,9,15H,5-8,10-13H2,1H3/t19-/m1/s1. The Balaban J connectivity index is 1.46. The smallest absolute Gasteiger partial charge is 0.227 e. The van der Waals surface area contributed by atoms with Crippen molar-refractivity contribution in [2.75, 3.05) is 24.5 Å². The van der Waals surface area contributed by atoms with Gasteiger partial charge >= 0.3 is 0 Å². The summed E-state index contributed by atoms with van der Waals surface area (Å²) in [6, 6.07) is 8.13. The zero-order valence-corrected chi connectivity index (χ0v) is 13.8. The van der Waals surface area contributed by atoms with E-state index in [1.165, 1.54) is 18.4 Å². The Morgan fingerprint density at radius 2 is 2.13 bits per heavy atom. The van der Waals surface area contributed by atoms with Gasteiger partial charge in [0.15, 0.2) is 0 Å². The summed E-state index contributed by atoms with van der Waals surface area (Å²) in [6.45, 7) is 4.38. The van der Waals surface area contributed by atoms with E-state index >= 15 is 0 Å². The van der Waals surface area contributed by atoms with Crippen LogP contribution in [-0.2, 0) is 9.59 Å². The van der Waals surface area contributed by atoms with Crippen LogP contribution in [0.2, 0.25) is 0 Å². The lowest BCUT2D eigenvalue weighted by Gasteiger charge is -2.24. The van der Waals surface area contributed by atoms with Gasteiger partial charge < -0.3 is 9.80 Å². The lowest BCUT2D eigenvalue weighted by Crippen LogP contribution is -2.34. The zero-order chi connectivity index (χ0) is 16.0. The second-order valence-corrected chi connectivity index (χ2v) is 7.71. The molecule has 2 heterocycles. The highest BCUT2D eigenvalue weighted by Gasteiger charge is 2.49. The molecule has 0 N–H and O–H groups in total. The molecule has 1 saturated carbocycles. The summed E-state index contributed by atoms with van der Waals surface area (Å²) in [6.07, 6.45) is 4.67. The fourth-order valence-electron chi connectivity index (χ4n) is 4.05. The van der Waals surface area contributed by atoms with Gasteiger partial charge in [-0.3, -0.25) is 9.59 Å². The van der Waals surface area contributed by atoms with Gasteiger partial charge in [0.05, 0.1) is 0 Å². The fourth-order valence-corrected chi connectivity index (χ4v) is 4.05. The van der Waals surface area contributed by atoms with Gasteiger partial charge in [0.2, 0.25) is 11.8 Å². The number of hydrogen-bond acceptors (Lipinski definition) is 2. The molecule has 3 fully saturated rings. The van der Waals surface area contributed by atoms with Crippen LogP contribution in [-0.4, -0.2) is 36.3 Å². The molecule has 2 amide bonds. The van der Waals surface area contributed by atoms with Crippen molar-refractivity contribution in [3.8, 4) is 0 Å². The van der Waals surface area contributed by atoms with E-state index in [0.717, 1.165) is 31.7 Å². The molecule has 1 atom stereocenters. The van der Waals surface area contributed by atoms with Crippen molar-refractivity contribution in [1.82, 2.24) is 4.90 Å². The van der Waals surface area contributed by atoms with Crippen LogP contribution in [0.25, 0.3) is 0 Å². The number of anilines is 1. The van der Waals surface area contributed by atoms with Crippen LogP contribution in [0.4, 0.5) is 5.69 Å². The minimum atomic E-state index is -0.0277. The predicted molar refractivity (Wildman–Crippen MR) is 89.1 cm³/mol. The lowest BCUT2D eigenvalue weighted by molar-refractivity contribution is -0.131. The predicted octanol–water partition coefficient (Wildman–Crippen LogP) is 2.75. The number of carbonyl (C=O) groups excluding carboxylic acids is 2. The van der Waals surface area contributed by atoms with Crippen molar-refractivity contribution < 1.29 is 9.59 Å². The molecular formula is C19H24N2O2. The van der Waals surface area contributed by atoms with E-state index in [1.54, 1.807) is 0 Å². The number of nitrogens with zero attached hydrogens (tertiary/aromatic N) is 2. The van der Waals surface area contributed by atoms with Gasteiger partial charge in [0.25, 0.3) is 0 Å². The average molecular weight is 312 g/mol. The Kier molecular flexibility index (Phi) is 3.43. The van der Waals surface area contributed by atoms with Crippen molar-refractivity contribution in [3.63, 3.8) is 0 Å². The number of likely N-dealkylation sites (tertiary alicyclic amines) is 1. The first-order valence-corrected chi connectivity index (χ1v) is 8.70. The van der Waals surface area contributed by atoms with E-state index in [-0.39, 0.29) is 11.3 Å². The molecule has 0 unspecified atom stereocenters. The fraction of sp³-hybridized carbons (Fsp3) is 0.579. The Morgan fingerprint density at radius 1 is 1.30 bits per heavy atom. The first-order valence-electron chi connectivity index (χ1n) is 8.70. The summed E-state index contributed by atoms with van der Waals surface area (Å²) in [5.41, 5.74) is 2.14. The molecule has 4 nitrogen and oxygen atoms in total.